The van der Waals surface area contributed by atoms with E-state index < -0.39 is 0 Å². The molecule has 3 heterocycles. The normalized spacial score (nSPS) is 15.5. The van der Waals surface area contributed by atoms with E-state index in [2.05, 4.69) is 20.3 Å². The van der Waals surface area contributed by atoms with Crippen LogP contribution in [0.3, 0.4) is 0 Å². The second kappa shape index (κ2) is 12.1. The minimum atomic E-state index is 0.397. The Kier molecular flexibility index (Phi) is 8.25. The number of aryl methyl sites for hydroxylation is 1. The molecule has 0 atom stereocenters. The number of nitrogens with zero attached hydrogens (tertiary/aromatic N) is 5. The first-order valence-electron chi connectivity index (χ1n) is 12.9. The van der Waals surface area contributed by atoms with Gasteiger partial charge in [0.15, 0.2) is 5.82 Å². The van der Waals surface area contributed by atoms with E-state index in [0.717, 1.165) is 54.8 Å². The zero-order chi connectivity index (χ0) is 25.5. The van der Waals surface area contributed by atoms with Gasteiger partial charge in [0, 0.05) is 42.8 Å². The molecule has 37 heavy (non-hydrogen) atoms. The number of hydrazone groups is 1. The van der Waals surface area contributed by atoms with Crippen molar-refractivity contribution >= 4 is 35.4 Å². The Morgan fingerprint density at radius 2 is 1.59 bits per heavy atom. The van der Waals surface area contributed by atoms with Crippen molar-refractivity contribution in [2.24, 2.45) is 5.10 Å². The molecule has 2 fully saturated rings. The van der Waals surface area contributed by atoms with Crippen LogP contribution in [-0.2, 0) is 0 Å². The van der Waals surface area contributed by atoms with E-state index in [1.807, 2.05) is 49.4 Å². The molecule has 2 aliphatic rings. The average Bonchev–Trinajstić information content (AvgIpc) is 3.64. The third kappa shape index (κ3) is 6.63. The lowest BCUT2D eigenvalue weighted by atomic mass is 10.2. The molecule has 2 saturated heterocycles. The first kappa shape index (κ1) is 25.1. The number of para-hydroxylation sites is 1. The lowest BCUT2D eigenvalue weighted by molar-refractivity contribution is 0.216. The number of hydrogen-bond donors (Lipinski definition) is 1. The van der Waals surface area contributed by atoms with Gasteiger partial charge in [0.25, 0.3) is 0 Å². The minimum absolute atomic E-state index is 0.397. The van der Waals surface area contributed by atoms with Crippen LogP contribution in [0.2, 0.25) is 5.02 Å². The predicted octanol–water partition coefficient (Wildman–Crippen LogP) is 5.54. The lowest BCUT2D eigenvalue weighted by Gasteiger charge is -2.21. The highest BCUT2D eigenvalue weighted by Crippen LogP contribution is 2.26. The fraction of sp³-hybridized carbons (Fsp3) is 0.393. The fourth-order valence-corrected chi connectivity index (χ4v) is 4.77. The van der Waals surface area contributed by atoms with Crippen molar-refractivity contribution in [2.45, 2.75) is 32.6 Å². The summed E-state index contributed by atoms with van der Waals surface area (Å²) in [6.07, 6.45) is 6.43. The summed E-state index contributed by atoms with van der Waals surface area (Å²) in [4.78, 5) is 14.2. The summed E-state index contributed by atoms with van der Waals surface area (Å²) in [7, 11) is 0. The molecule has 0 spiro atoms. The Labute approximate surface area is 223 Å². The van der Waals surface area contributed by atoms with Gasteiger partial charge >= 0.3 is 0 Å². The van der Waals surface area contributed by atoms with Gasteiger partial charge < -0.3 is 19.3 Å². The number of hydrogen-bond acceptors (Lipinski definition) is 8. The molecule has 1 N–H and O–H groups in total. The van der Waals surface area contributed by atoms with E-state index in [-0.39, 0.29) is 0 Å². The van der Waals surface area contributed by atoms with E-state index >= 15 is 0 Å². The first-order chi connectivity index (χ1) is 18.2. The summed E-state index contributed by atoms with van der Waals surface area (Å²) in [6, 6.07) is 15.4. The summed E-state index contributed by atoms with van der Waals surface area (Å²) in [5.41, 5.74) is 4.97. The molecule has 0 saturated carbocycles. The van der Waals surface area contributed by atoms with Gasteiger partial charge in [-0.15, -0.1) is 0 Å². The third-order valence-electron chi connectivity index (χ3n) is 6.57. The highest BCUT2D eigenvalue weighted by Gasteiger charge is 2.20. The van der Waals surface area contributed by atoms with Crippen molar-refractivity contribution in [1.29, 1.82) is 0 Å². The van der Waals surface area contributed by atoms with Gasteiger partial charge in [-0.25, -0.2) is 0 Å². The molecule has 0 bridgehead atoms. The van der Waals surface area contributed by atoms with E-state index in [0.29, 0.717) is 29.8 Å². The van der Waals surface area contributed by atoms with Crippen LogP contribution >= 0.6 is 11.6 Å². The maximum atomic E-state index is 6.26. The van der Waals surface area contributed by atoms with Crippen molar-refractivity contribution in [3.8, 4) is 11.5 Å². The lowest BCUT2D eigenvalue weighted by Crippen LogP contribution is -2.24. The number of benzene rings is 2. The molecule has 5 rings (SSSR count). The van der Waals surface area contributed by atoms with E-state index in [1.54, 1.807) is 12.3 Å². The second-order valence-corrected chi connectivity index (χ2v) is 9.75. The molecular formula is C28H33ClN6O2. The van der Waals surface area contributed by atoms with Crippen LogP contribution in [0, 0.1) is 6.92 Å². The van der Waals surface area contributed by atoms with Crippen molar-refractivity contribution in [3.05, 3.63) is 64.7 Å². The number of rotatable bonds is 10. The van der Waals surface area contributed by atoms with Gasteiger partial charge in [-0.2, -0.15) is 15.1 Å². The van der Waals surface area contributed by atoms with Gasteiger partial charge in [-0.05, 0) is 62.4 Å². The fourth-order valence-electron chi connectivity index (χ4n) is 4.59. The summed E-state index contributed by atoms with van der Waals surface area (Å²) in [6.45, 7) is 6.88. The Bertz CT molecular complexity index is 1190. The van der Waals surface area contributed by atoms with Gasteiger partial charge in [0.05, 0.1) is 6.21 Å². The van der Waals surface area contributed by atoms with Gasteiger partial charge in [0.2, 0.25) is 5.95 Å². The summed E-state index contributed by atoms with van der Waals surface area (Å²) in [5.74, 6) is 3.93. The zero-order valence-electron chi connectivity index (χ0n) is 21.2. The Morgan fingerprint density at radius 3 is 2.35 bits per heavy atom. The zero-order valence-corrected chi connectivity index (χ0v) is 22.0. The highest BCUT2D eigenvalue weighted by atomic mass is 35.5. The largest absolute Gasteiger partial charge is 0.490 e. The second-order valence-electron chi connectivity index (χ2n) is 9.31. The Balaban J connectivity index is 1.25. The molecule has 194 valence electrons. The number of ether oxygens (including phenoxy) is 2. The van der Waals surface area contributed by atoms with Gasteiger partial charge in [0.1, 0.15) is 30.5 Å². The maximum absolute atomic E-state index is 6.26. The topological polar surface area (TPSA) is 75.1 Å². The van der Waals surface area contributed by atoms with Crippen LogP contribution in [0.1, 0.15) is 36.8 Å². The van der Waals surface area contributed by atoms with E-state index in [1.165, 1.54) is 25.7 Å². The van der Waals surface area contributed by atoms with Crippen LogP contribution in [0.4, 0.5) is 17.6 Å². The van der Waals surface area contributed by atoms with Gasteiger partial charge in [-0.1, -0.05) is 29.8 Å². The molecule has 2 aliphatic heterocycles. The molecule has 0 amide bonds. The average molecular weight is 521 g/mol. The maximum Gasteiger partial charge on any atom is 0.229 e. The van der Waals surface area contributed by atoms with Crippen molar-refractivity contribution in [3.63, 3.8) is 0 Å². The van der Waals surface area contributed by atoms with Crippen molar-refractivity contribution in [1.82, 2.24) is 9.97 Å². The van der Waals surface area contributed by atoms with Crippen LogP contribution in [0.5, 0.6) is 11.5 Å². The van der Waals surface area contributed by atoms with E-state index in [9.17, 15) is 0 Å². The first-order valence-corrected chi connectivity index (χ1v) is 13.3. The number of halogens is 1. The quantitative estimate of drug-likeness (QED) is 0.213. The van der Waals surface area contributed by atoms with Crippen LogP contribution in [0.15, 0.2) is 53.6 Å². The molecule has 0 unspecified atom stereocenters. The molecule has 8 nitrogen and oxygen atoms in total. The van der Waals surface area contributed by atoms with Gasteiger partial charge in [-0.3, -0.25) is 5.43 Å². The highest BCUT2D eigenvalue weighted by molar-refractivity contribution is 6.30. The Morgan fingerprint density at radius 1 is 0.892 bits per heavy atom. The standard InChI is InChI=1S/C28H33ClN6O2/c1-21-8-2-3-9-24(21)36-16-17-37-25-11-10-23(29)18-22(25)20-30-33-26-19-27(34-12-4-5-13-34)32-28(31-26)35-14-6-7-15-35/h2-3,8-11,18-20H,4-7,12-17H2,1H3,(H,31,32,33)/b30-20-. The summed E-state index contributed by atoms with van der Waals surface area (Å²) in [5, 5.41) is 5.08. The molecule has 3 aromatic rings. The molecule has 1 aromatic heterocycles. The van der Waals surface area contributed by atoms with Crippen LogP contribution in [-0.4, -0.2) is 55.6 Å². The molecule has 0 aliphatic carbocycles. The smallest absolute Gasteiger partial charge is 0.229 e. The predicted molar refractivity (Wildman–Crippen MR) is 150 cm³/mol. The number of aromatic nitrogens is 2. The number of anilines is 3. The van der Waals surface area contributed by atoms with E-state index in [4.69, 9.17) is 31.0 Å². The summed E-state index contributed by atoms with van der Waals surface area (Å²) < 4.78 is 11.8. The minimum Gasteiger partial charge on any atom is -0.490 e. The number of nitrogens with one attached hydrogen (secondary N) is 1. The molecule has 9 heteroatoms. The van der Waals surface area contributed by atoms with Crippen LogP contribution < -0.4 is 24.7 Å². The Hall–Kier alpha value is -3.52. The molecule has 0 radical (unpaired) electrons. The SMILES string of the molecule is Cc1ccccc1OCCOc1ccc(Cl)cc1/C=N\Nc1cc(N2CCCC2)nc(N2CCCC2)n1. The van der Waals surface area contributed by atoms with Crippen molar-refractivity contribution < 1.29 is 9.47 Å². The van der Waals surface area contributed by atoms with Crippen LogP contribution in [0.25, 0.3) is 0 Å². The van der Waals surface area contributed by atoms with Crippen molar-refractivity contribution in [2.75, 3.05) is 54.6 Å². The monoisotopic (exact) mass is 520 g/mol. The summed E-state index contributed by atoms with van der Waals surface area (Å²) >= 11 is 6.26. The third-order valence-corrected chi connectivity index (χ3v) is 6.80. The molecular weight excluding hydrogens is 488 g/mol. The molecule has 2 aromatic carbocycles.